The molecule has 0 aliphatic heterocycles. The highest BCUT2D eigenvalue weighted by Crippen LogP contribution is 2.44. The molecule has 10 heteroatoms. The van der Waals surface area contributed by atoms with Gasteiger partial charge in [0.05, 0.1) is 31.4 Å². The summed E-state index contributed by atoms with van der Waals surface area (Å²) < 4.78 is 17.2. The summed E-state index contributed by atoms with van der Waals surface area (Å²) >= 11 is 6.34. The van der Waals surface area contributed by atoms with Crippen LogP contribution in [-0.4, -0.2) is 43.2 Å². The zero-order chi connectivity index (χ0) is 18.4. The Morgan fingerprint density at radius 3 is 2.56 bits per heavy atom. The number of hydrogen-bond acceptors (Lipinski definition) is 8. The number of ether oxygens (including phenoxy) is 3. The lowest BCUT2D eigenvalue weighted by atomic mass is 10.1. The standard InChI is InChI=1S/C15H18BrN3O4S2/c1-5-6-24-15-19-18-14(25-15)17-13(20)8-7-9(21-2)11(22-3)12(23-4)10(8)16/h7H,5-6H2,1-4H3,(H,17,18,20). The van der Waals surface area contributed by atoms with Crippen molar-refractivity contribution >= 4 is 50.1 Å². The van der Waals surface area contributed by atoms with Gasteiger partial charge in [0.1, 0.15) is 0 Å². The number of carbonyl (C=O) groups excluding carboxylic acids is 1. The van der Waals surface area contributed by atoms with Crippen molar-refractivity contribution in [2.45, 2.75) is 17.7 Å². The second kappa shape index (κ2) is 9.25. The minimum absolute atomic E-state index is 0.340. The van der Waals surface area contributed by atoms with Crippen LogP contribution in [0.25, 0.3) is 0 Å². The Bertz CT molecular complexity index is 755. The Morgan fingerprint density at radius 1 is 1.24 bits per heavy atom. The highest BCUT2D eigenvalue weighted by Gasteiger charge is 2.23. The van der Waals surface area contributed by atoms with Crippen LogP contribution in [-0.2, 0) is 0 Å². The van der Waals surface area contributed by atoms with Crippen molar-refractivity contribution in [2.24, 2.45) is 0 Å². The summed E-state index contributed by atoms with van der Waals surface area (Å²) in [5.41, 5.74) is 0.340. The maximum Gasteiger partial charge on any atom is 0.258 e. The minimum Gasteiger partial charge on any atom is -0.493 e. The number of halogens is 1. The van der Waals surface area contributed by atoms with Crippen molar-refractivity contribution in [2.75, 3.05) is 32.4 Å². The molecule has 0 spiro atoms. The maximum atomic E-state index is 12.6. The molecule has 0 saturated carbocycles. The van der Waals surface area contributed by atoms with Gasteiger partial charge in [0, 0.05) is 5.75 Å². The zero-order valence-electron chi connectivity index (χ0n) is 14.2. The van der Waals surface area contributed by atoms with Gasteiger partial charge in [0.25, 0.3) is 5.91 Å². The maximum absolute atomic E-state index is 12.6. The number of aromatic nitrogens is 2. The first-order valence-electron chi connectivity index (χ1n) is 7.31. The average Bonchev–Trinajstić information content (AvgIpc) is 3.06. The van der Waals surface area contributed by atoms with Crippen LogP contribution in [0.2, 0.25) is 0 Å². The van der Waals surface area contributed by atoms with Crippen molar-refractivity contribution in [3.05, 3.63) is 16.1 Å². The van der Waals surface area contributed by atoms with E-state index in [-0.39, 0.29) is 5.91 Å². The van der Waals surface area contributed by atoms with Crippen molar-refractivity contribution in [3.8, 4) is 17.2 Å². The fourth-order valence-corrected chi connectivity index (χ4v) is 4.27. The fourth-order valence-electron chi connectivity index (χ4n) is 1.96. The fraction of sp³-hybridized carbons (Fsp3) is 0.400. The third kappa shape index (κ3) is 4.56. The first-order chi connectivity index (χ1) is 12.0. The molecule has 0 radical (unpaired) electrons. The summed E-state index contributed by atoms with van der Waals surface area (Å²) in [4.78, 5) is 12.6. The van der Waals surface area contributed by atoms with Crippen LogP contribution < -0.4 is 19.5 Å². The van der Waals surface area contributed by atoms with E-state index in [2.05, 4.69) is 38.4 Å². The van der Waals surface area contributed by atoms with E-state index < -0.39 is 0 Å². The van der Waals surface area contributed by atoms with E-state index in [0.29, 0.717) is 32.4 Å². The van der Waals surface area contributed by atoms with Crippen molar-refractivity contribution in [3.63, 3.8) is 0 Å². The normalized spacial score (nSPS) is 10.4. The Kier molecular flexibility index (Phi) is 7.33. The molecule has 1 aromatic carbocycles. The van der Waals surface area contributed by atoms with Crippen LogP contribution in [0.15, 0.2) is 14.9 Å². The molecule has 1 heterocycles. The second-order valence-electron chi connectivity index (χ2n) is 4.68. The summed E-state index contributed by atoms with van der Waals surface area (Å²) in [6.07, 6.45) is 1.05. The smallest absolute Gasteiger partial charge is 0.258 e. The van der Waals surface area contributed by atoms with Crippen LogP contribution in [0.4, 0.5) is 5.13 Å². The molecule has 1 amide bonds. The highest BCUT2D eigenvalue weighted by molar-refractivity contribution is 9.10. The minimum atomic E-state index is -0.352. The monoisotopic (exact) mass is 447 g/mol. The first-order valence-corrected chi connectivity index (χ1v) is 9.91. The van der Waals surface area contributed by atoms with Gasteiger partial charge in [0.2, 0.25) is 10.9 Å². The van der Waals surface area contributed by atoms with Gasteiger partial charge < -0.3 is 14.2 Å². The van der Waals surface area contributed by atoms with Crippen molar-refractivity contribution in [1.82, 2.24) is 10.2 Å². The van der Waals surface area contributed by atoms with Crippen LogP contribution in [0, 0.1) is 0 Å². The molecule has 136 valence electrons. The van der Waals surface area contributed by atoms with Gasteiger partial charge in [-0.3, -0.25) is 10.1 Å². The highest BCUT2D eigenvalue weighted by atomic mass is 79.9. The number of amides is 1. The van der Waals surface area contributed by atoms with Crippen LogP contribution in [0.3, 0.4) is 0 Å². The number of hydrogen-bond donors (Lipinski definition) is 1. The summed E-state index contributed by atoms with van der Waals surface area (Å²) in [6, 6.07) is 1.58. The molecule has 0 saturated heterocycles. The van der Waals surface area contributed by atoms with E-state index in [9.17, 15) is 4.79 Å². The molecule has 0 unspecified atom stereocenters. The van der Waals surface area contributed by atoms with Gasteiger partial charge >= 0.3 is 0 Å². The lowest BCUT2D eigenvalue weighted by molar-refractivity contribution is 0.102. The molecule has 2 aromatic rings. The lowest BCUT2D eigenvalue weighted by Crippen LogP contribution is -2.13. The molecule has 2 rings (SSSR count). The van der Waals surface area contributed by atoms with E-state index in [1.54, 1.807) is 17.8 Å². The van der Waals surface area contributed by atoms with Gasteiger partial charge in [-0.1, -0.05) is 30.0 Å². The number of thioether (sulfide) groups is 1. The largest absolute Gasteiger partial charge is 0.493 e. The van der Waals surface area contributed by atoms with Gasteiger partial charge in [0.15, 0.2) is 15.8 Å². The molecule has 25 heavy (non-hydrogen) atoms. The van der Waals surface area contributed by atoms with E-state index >= 15 is 0 Å². The van der Waals surface area contributed by atoms with Crippen LogP contribution >= 0.6 is 39.0 Å². The molecule has 0 aliphatic carbocycles. The third-order valence-electron chi connectivity index (χ3n) is 3.07. The number of methoxy groups -OCH3 is 3. The number of rotatable bonds is 8. The number of nitrogens with one attached hydrogen (secondary N) is 1. The van der Waals surface area contributed by atoms with Gasteiger partial charge in [-0.15, -0.1) is 10.2 Å². The van der Waals surface area contributed by atoms with Crippen LogP contribution in [0.5, 0.6) is 17.2 Å². The topological polar surface area (TPSA) is 82.6 Å². The SMILES string of the molecule is CCCSc1nnc(NC(=O)c2cc(OC)c(OC)c(OC)c2Br)s1. The van der Waals surface area contributed by atoms with Gasteiger partial charge in [-0.05, 0) is 28.4 Å². The number of carbonyl (C=O) groups is 1. The number of benzene rings is 1. The molecular formula is C15H18BrN3O4S2. The summed E-state index contributed by atoms with van der Waals surface area (Å²) in [7, 11) is 4.49. The molecule has 0 aliphatic rings. The Labute approximate surface area is 162 Å². The third-order valence-corrected chi connectivity index (χ3v) is 6.04. The summed E-state index contributed by atoms with van der Waals surface area (Å²) in [6.45, 7) is 2.10. The van der Waals surface area contributed by atoms with Crippen LogP contribution in [0.1, 0.15) is 23.7 Å². The van der Waals surface area contributed by atoms with E-state index in [4.69, 9.17) is 14.2 Å². The van der Waals surface area contributed by atoms with Gasteiger partial charge in [-0.2, -0.15) is 0 Å². The van der Waals surface area contributed by atoms with Crippen molar-refractivity contribution in [1.29, 1.82) is 0 Å². The number of anilines is 1. The van der Waals surface area contributed by atoms with Gasteiger partial charge in [-0.25, -0.2) is 0 Å². The van der Waals surface area contributed by atoms with E-state index in [0.717, 1.165) is 16.5 Å². The predicted molar refractivity (Wildman–Crippen MR) is 103 cm³/mol. The van der Waals surface area contributed by atoms with E-state index in [1.165, 1.54) is 32.7 Å². The Hall–Kier alpha value is -1.52. The Morgan fingerprint density at radius 2 is 1.96 bits per heavy atom. The average molecular weight is 448 g/mol. The molecule has 7 nitrogen and oxygen atoms in total. The lowest BCUT2D eigenvalue weighted by Gasteiger charge is -2.16. The molecule has 1 aromatic heterocycles. The molecule has 0 bridgehead atoms. The van der Waals surface area contributed by atoms with Crippen molar-refractivity contribution < 1.29 is 19.0 Å². The zero-order valence-corrected chi connectivity index (χ0v) is 17.4. The summed E-state index contributed by atoms with van der Waals surface area (Å²) in [5.74, 6) is 1.78. The molecule has 0 fully saturated rings. The predicted octanol–water partition coefficient (Wildman–Crippen LogP) is 4.08. The van der Waals surface area contributed by atoms with E-state index in [1.807, 2.05) is 0 Å². The quantitative estimate of drug-likeness (QED) is 0.481. The second-order valence-corrected chi connectivity index (χ2v) is 7.80. The number of nitrogens with zero attached hydrogens (tertiary/aromatic N) is 2. The molecule has 0 atom stereocenters. The summed E-state index contributed by atoms with van der Waals surface area (Å²) in [5, 5.41) is 11.2. The molecular weight excluding hydrogens is 430 g/mol. The first kappa shape index (κ1) is 19.8. The Balaban J connectivity index is 2.28. The molecule has 1 N–H and O–H groups in total.